The number of hydrogen-bond acceptors (Lipinski definition) is 2. The van der Waals surface area contributed by atoms with Crippen LogP contribution in [0, 0.1) is 0 Å². The Balaban J connectivity index is 4.03. The first kappa shape index (κ1) is 8.76. The molecule has 0 aliphatic rings. The largest absolute Gasteiger partial charge is 0.410 e. The molecule has 5 heteroatoms. The van der Waals surface area contributed by atoms with Gasteiger partial charge in [-0.15, -0.1) is 0 Å². The van der Waals surface area contributed by atoms with Crippen molar-refractivity contribution < 1.29 is 14.0 Å². The summed E-state index contributed by atoms with van der Waals surface area (Å²) >= 11 is 5.04. The molecule has 0 aromatic heterocycles. The highest BCUT2D eigenvalue weighted by Gasteiger charge is 2.13. The van der Waals surface area contributed by atoms with Crippen LogP contribution in [-0.2, 0) is 9.09 Å². The Kier molecular flexibility index (Phi) is 2.98. The van der Waals surface area contributed by atoms with Gasteiger partial charge in [-0.05, 0) is 18.2 Å². The summed E-state index contributed by atoms with van der Waals surface area (Å²) in [5, 5.41) is -0.319. The van der Waals surface area contributed by atoms with Gasteiger partial charge in [0.1, 0.15) is 0 Å². The van der Waals surface area contributed by atoms with Crippen LogP contribution in [0.1, 0.15) is 0 Å². The third-order valence-electron chi connectivity index (χ3n) is 0.461. The molecule has 1 unspecified atom stereocenters. The first-order chi connectivity index (χ1) is 3.98. The second-order valence-corrected chi connectivity index (χ2v) is 3.29. The van der Waals surface area contributed by atoms with Gasteiger partial charge in [-0.2, -0.15) is 0 Å². The average Bonchev–Trinajstić information content (AvgIpc) is 1.63. The van der Waals surface area contributed by atoms with Crippen LogP contribution in [0.3, 0.4) is 0 Å². The van der Waals surface area contributed by atoms with Gasteiger partial charge in [0, 0.05) is 5.82 Å². The lowest BCUT2D eigenvalue weighted by Gasteiger charge is -2.04. The van der Waals surface area contributed by atoms with Crippen molar-refractivity contribution in [2.75, 3.05) is 0 Å². The van der Waals surface area contributed by atoms with Crippen molar-refractivity contribution in [1.82, 2.24) is 0 Å². The first-order valence-electron chi connectivity index (χ1n) is 1.98. The molecule has 0 amide bonds. The highest BCUT2D eigenvalue weighted by molar-refractivity contribution is 7.56. The van der Waals surface area contributed by atoms with Gasteiger partial charge in [0.05, 0.1) is 0 Å². The second-order valence-electron chi connectivity index (χ2n) is 1.19. The summed E-state index contributed by atoms with van der Waals surface area (Å²) < 4.78 is 14.6. The van der Waals surface area contributed by atoms with Crippen molar-refractivity contribution >= 4 is 19.2 Å². The van der Waals surface area contributed by atoms with E-state index in [0.29, 0.717) is 0 Å². The Hall–Kier alpha value is -0.240. The van der Waals surface area contributed by atoms with Gasteiger partial charge in [-0.1, -0.05) is 6.58 Å². The molecular weight excluding hydrogens is 162 g/mol. The quantitative estimate of drug-likeness (QED) is 0.518. The normalized spacial score (nSPS) is 15.8. The molecule has 0 aromatic carbocycles. The van der Waals surface area contributed by atoms with E-state index in [1.54, 1.807) is 0 Å². The standard InChI is InChI=1S/C4H6ClO3P/c1-3-9(6,7)8-4(2)5/h3H,1-2H2,(H,6,7). The summed E-state index contributed by atoms with van der Waals surface area (Å²) in [6, 6.07) is 0. The molecule has 9 heavy (non-hydrogen) atoms. The molecule has 0 aliphatic heterocycles. The van der Waals surface area contributed by atoms with Crippen molar-refractivity contribution in [2.45, 2.75) is 0 Å². The fourth-order valence-corrected chi connectivity index (χ4v) is 0.834. The lowest BCUT2D eigenvalue weighted by atomic mass is 11.2. The van der Waals surface area contributed by atoms with Gasteiger partial charge < -0.3 is 9.42 Å². The van der Waals surface area contributed by atoms with Crippen LogP contribution in [0.4, 0.5) is 0 Å². The minimum Gasteiger partial charge on any atom is -0.410 e. The van der Waals surface area contributed by atoms with E-state index in [-0.39, 0.29) is 5.22 Å². The highest BCUT2D eigenvalue weighted by atomic mass is 35.5. The molecule has 0 saturated heterocycles. The van der Waals surface area contributed by atoms with E-state index in [1.165, 1.54) is 0 Å². The molecule has 3 nitrogen and oxygen atoms in total. The van der Waals surface area contributed by atoms with Gasteiger partial charge in [0.25, 0.3) is 0 Å². The molecule has 0 saturated carbocycles. The molecule has 0 rings (SSSR count). The molecule has 0 fully saturated rings. The van der Waals surface area contributed by atoms with Crippen LogP contribution < -0.4 is 0 Å². The summed E-state index contributed by atoms with van der Waals surface area (Å²) in [4.78, 5) is 8.56. The average molecular weight is 169 g/mol. The lowest BCUT2D eigenvalue weighted by molar-refractivity contribution is 0.353. The molecule has 1 atom stereocenters. The number of rotatable bonds is 3. The van der Waals surface area contributed by atoms with E-state index in [0.717, 1.165) is 5.82 Å². The minimum atomic E-state index is -3.70. The lowest BCUT2D eigenvalue weighted by Crippen LogP contribution is -1.78. The predicted molar refractivity (Wildman–Crippen MR) is 36.1 cm³/mol. The van der Waals surface area contributed by atoms with Crippen LogP contribution in [0.5, 0.6) is 0 Å². The van der Waals surface area contributed by atoms with Crippen molar-refractivity contribution in [3.05, 3.63) is 24.2 Å². The van der Waals surface area contributed by atoms with E-state index in [1.807, 2.05) is 0 Å². The Bertz CT molecular complexity index is 177. The van der Waals surface area contributed by atoms with Crippen LogP contribution in [-0.4, -0.2) is 4.89 Å². The molecule has 52 valence electrons. The predicted octanol–water partition coefficient (Wildman–Crippen LogP) is 2.04. The maximum absolute atomic E-state index is 10.5. The van der Waals surface area contributed by atoms with E-state index < -0.39 is 7.60 Å². The smallest absolute Gasteiger partial charge is 0.401 e. The van der Waals surface area contributed by atoms with Crippen molar-refractivity contribution in [3.63, 3.8) is 0 Å². The van der Waals surface area contributed by atoms with Gasteiger partial charge in [0.2, 0.25) is 0 Å². The second kappa shape index (κ2) is 3.06. The molecular formula is C4H6ClO3P. The van der Waals surface area contributed by atoms with Crippen LogP contribution >= 0.6 is 19.2 Å². The molecule has 0 spiro atoms. The van der Waals surface area contributed by atoms with Gasteiger partial charge >= 0.3 is 7.60 Å². The summed E-state index contributed by atoms with van der Waals surface area (Å²) in [5.74, 6) is 0.778. The summed E-state index contributed by atoms with van der Waals surface area (Å²) in [6.45, 7) is 6.10. The SMILES string of the molecule is C=CP(=O)(O)OC(=C)Cl. The van der Waals surface area contributed by atoms with Crippen LogP contribution in [0.25, 0.3) is 0 Å². The monoisotopic (exact) mass is 168 g/mol. The zero-order valence-electron chi connectivity index (χ0n) is 4.58. The molecule has 0 aliphatic carbocycles. The van der Waals surface area contributed by atoms with E-state index in [2.05, 4.69) is 17.7 Å². The van der Waals surface area contributed by atoms with Crippen LogP contribution in [0.2, 0.25) is 0 Å². The third kappa shape index (κ3) is 4.28. The Morgan fingerprint density at radius 3 is 2.44 bits per heavy atom. The van der Waals surface area contributed by atoms with Gasteiger partial charge in [-0.25, -0.2) is 4.57 Å². The summed E-state index contributed by atoms with van der Waals surface area (Å²) in [5.41, 5.74) is 0. The number of hydrogen-bond donors (Lipinski definition) is 1. The fourth-order valence-electron chi connectivity index (χ4n) is 0.179. The van der Waals surface area contributed by atoms with Gasteiger partial charge in [0.15, 0.2) is 5.22 Å². The topological polar surface area (TPSA) is 46.5 Å². The Morgan fingerprint density at radius 2 is 2.33 bits per heavy atom. The van der Waals surface area contributed by atoms with Crippen molar-refractivity contribution in [2.24, 2.45) is 0 Å². The molecule has 0 radical (unpaired) electrons. The van der Waals surface area contributed by atoms with E-state index in [4.69, 9.17) is 16.5 Å². The summed E-state index contributed by atoms with van der Waals surface area (Å²) in [6.07, 6.45) is 0. The third-order valence-corrected chi connectivity index (χ3v) is 1.59. The Labute approximate surface area is 58.1 Å². The zero-order chi connectivity index (χ0) is 7.49. The van der Waals surface area contributed by atoms with Crippen LogP contribution in [0.15, 0.2) is 24.2 Å². The summed E-state index contributed by atoms with van der Waals surface area (Å²) in [7, 11) is -3.70. The van der Waals surface area contributed by atoms with Gasteiger partial charge in [-0.3, -0.25) is 0 Å². The fraction of sp³-hybridized carbons (Fsp3) is 0. The first-order valence-corrected chi connectivity index (χ1v) is 4.00. The molecule has 0 bridgehead atoms. The molecule has 0 heterocycles. The zero-order valence-corrected chi connectivity index (χ0v) is 6.23. The minimum absolute atomic E-state index is 0.319. The van der Waals surface area contributed by atoms with Crippen molar-refractivity contribution in [3.8, 4) is 0 Å². The molecule has 1 N–H and O–H groups in total. The highest BCUT2D eigenvalue weighted by Crippen LogP contribution is 2.45. The Morgan fingerprint density at radius 1 is 1.89 bits per heavy atom. The molecule has 0 aromatic rings. The maximum atomic E-state index is 10.5. The maximum Gasteiger partial charge on any atom is 0.401 e. The number of halogens is 1. The van der Waals surface area contributed by atoms with E-state index >= 15 is 0 Å². The van der Waals surface area contributed by atoms with E-state index in [9.17, 15) is 4.57 Å². The van der Waals surface area contributed by atoms with Crippen molar-refractivity contribution in [1.29, 1.82) is 0 Å².